The van der Waals surface area contributed by atoms with E-state index in [1.807, 2.05) is 7.05 Å². The highest BCUT2D eigenvalue weighted by Gasteiger charge is 2.29. The second-order valence-corrected chi connectivity index (χ2v) is 6.16. The molecule has 1 aliphatic rings. The summed E-state index contributed by atoms with van der Waals surface area (Å²) in [5.74, 6) is 0.380. The third-order valence-electron chi connectivity index (χ3n) is 2.50. The van der Waals surface area contributed by atoms with Gasteiger partial charge in [-0.3, -0.25) is 4.79 Å². The third-order valence-corrected chi connectivity index (χ3v) is 4.33. The van der Waals surface area contributed by atoms with Crippen molar-refractivity contribution in [3.63, 3.8) is 0 Å². The minimum Gasteiger partial charge on any atom is -0.355 e. The first-order chi connectivity index (χ1) is 7.03. The first-order valence-electron chi connectivity index (χ1n) is 5.15. The minimum atomic E-state index is -2.86. The van der Waals surface area contributed by atoms with E-state index in [9.17, 15) is 13.2 Å². The van der Waals surface area contributed by atoms with Gasteiger partial charge in [-0.05, 0) is 19.4 Å². The number of sulfone groups is 1. The Kier molecular flexibility index (Phi) is 4.53. The molecule has 1 fully saturated rings. The number of carbonyl (C=O) groups is 1. The lowest BCUT2D eigenvalue weighted by Crippen LogP contribution is -2.31. The van der Waals surface area contributed by atoms with Crippen LogP contribution >= 0.6 is 0 Å². The number of amides is 1. The maximum Gasteiger partial charge on any atom is 0.220 e. The van der Waals surface area contributed by atoms with Crippen LogP contribution in [0.15, 0.2) is 0 Å². The van der Waals surface area contributed by atoms with Crippen molar-refractivity contribution in [2.24, 2.45) is 5.92 Å². The lowest BCUT2D eigenvalue weighted by molar-refractivity contribution is -0.121. The summed E-state index contributed by atoms with van der Waals surface area (Å²) in [6.07, 6.45) is 0.963. The molecule has 0 aromatic carbocycles. The van der Waals surface area contributed by atoms with Crippen LogP contribution in [0.25, 0.3) is 0 Å². The number of rotatable bonds is 5. The summed E-state index contributed by atoms with van der Waals surface area (Å²) in [4.78, 5) is 11.4. The van der Waals surface area contributed by atoms with E-state index in [0.29, 0.717) is 19.4 Å². The highest BCUT2D eigenvalue weighted by Crippen LogP contribution is 2.21. The van der Waals surface area contributed by atoms with Gasteiger partial charge in [-0.2, -0.15) is 0 Å². The second-order valence-electron chi connectivity index (χ2n) is 3.93. The van der Waals surface area contributed by atoms with E-state index in [-0.39, 0.29) is 23.3 Å². The number of hydrogen-bond acceptors (Lipinski definition) is 4. The van der Waals surface area contributed by atoms with E-state index in [2.05, 4.69) is 10.6 Å². The van der Waals surface area contributed by atoms with E-state index in [4.69, 9.17) is 0 Å². The molecule has 1 saturated heterocycles. The van der Waals surface area contributed by atoms with Crippen LogP contribution < -0.4 is 10.6 Å². The van der Waals surface area contributed by atoms with E-state index < -0.39 is 9.84 Å². The Hall–Kier alpha value is -0.620. The molecule has 6 heteroatoms. The molecule has 1 rings (SSSR count). The zero-order valence-electron chi connectivity index (χ0n) is 8.95. The quantitative estimate of drug-likeness (QED) is 0.607. The van der Waals surface area contributed by atoms with Crippen molar-refractivity contribution in [1.29, 1.82) is 0 Å². The fourth-order valence-corrected chi connectivity index (χ4v) is 3.56. The zero-order chi connectivity index (χ0) is 11.3. The fraction of sp³-hybridized carbons (Fsp3) is 0.889. The van der Waals surface area contributed by atoms with Crippen LogP contribution in [0.4, 0.5) is 0 Å². The Morgan fingerprint density at radius 1 is 1.40 bits per heavy atom. The molecular formula is C9H18N2O3S. The molecule has 1 amide bonds. The normalized spacial score (nSPS) is 23.9. The molecule has 1 aliphatic heterocycles. The van der Waals surface area contributed by atoms with Gasteiger partial charge in [-0.1, -0.05) is 0 Å². The molecule has 0 spiro atoms. The predicted octanol–water partition coefficient (Wildman–Crippen LogP) is -0.853. The molecular weight excluding hydrogens is 216 g/mol. The average Bonchev–Trinajstić information content (AvgIpc) is 2.46. The highest BCUT2D eigenvalue weighted by atomic mass is 32.2. The molecule has 5 nitrogen and oxygen atoms in total. The lowest BCUT2D eigenvalue weighted by atomic mass is 10.1. The van der Waals surface area contributed by atoms with Gasteiger partial charge in [-0.15, -0.1) is 0 Å². The van der Waals surface area contributed by atoms with Gasteiger partial charge in [0.2, 0.25) is 5.91 Å². The monoisotopic (exact) mass is 234 g/mol. The summed E-state index contributed by atoms with van der Waals surface area (Å²) in [6.45, 7) is 1.32. The van der Waals surface area contributed by atoms with Crippen molar-refractivity contribution >= 4 is 15.7 Å². The van der Waals surface area contributed by atoms with Crippen LogP contribution in [-0.4, -0.2) is 46.0 Å². The van der Waals surface area contributed by atoms with Gasteiger partial charge in [0.05, 0.1) is 11.5 Å². The number of hydrogen-bond donors (Lipinski definition) is 2. The summed E-state index contributed by atoms with van der Waals surface area (Å²) in [7, 11) is -1.04. The highest BCUT2D eigenvalue weighted by molar-refractivity contribution is 7.91. The van der Waals surface area contributed by atoms with E-state index in [1.165, 1.54) is 0 Å². The van der Waals surface area contributed by atoms with Crippen LogP contribution in [-0.2, 0) is 14.6 Å². The van der Waals surface area contributed by atoms with Gasteiger partial charge in [0.1, 0.15) is 0 Å². The molecule has 2 N–H and O–H groups in total. The maximum absolute atomic E-state index is 11.4. The molecule has 15 heavy (non-hydrogen) atoms. The molecule has 1 heterocycles. The third kappa shape index (κ3) is 4.61. The van der Waals surface area contributed by atoms with Gasteiger partial charge in [0.15, 0.2) is 9.84 Å². The van der Waals surface area contributed by atoms with Gasteiger partial charge >= 0.3 is 0 Å². The van der Waals surface area contributed by atoms with Crippen molar-refractivity contribution in [2.45, 2.75) is 12.8 Å². The number of likely N-dealkylation sites (N-methyl/N-ethyl adjacent to an activating group) is 1. The van der Waals surface area contributed by atoms with E-state index in [1.54, 1.807) is 0 Å². The minimum absolute atomic E-state index is 0.0181. The standard InChI is InChI=1S/C9H18N2O3S/c1-10-3-4-11-9(12)6-8-2-5-15(13,14)7-8/h8,10H,2-7H2,1H3,(H,11,12). The van der Waals surface area contributed by atoms with Gasteiger partial charge in [-0.25, -0.2) is 8.42 Å². The van der Waals surface area contributed by atoms with Crippen molar-refractivity contribution in [2.75, 3.05) is 31.6 Å². The van der Waals surface area contributed by atoms with Crippen molar-refractivity contribution < 1.29 is 13.2 Å². The summed E-state index contributed by atoms with van der Waals surface area (Å²) in [6, 6.07) is 0. The molecule has 0 radical (unpaired) electrons. The van der Waals surface area contributed by atoms with Crippen molar-refractivity contribution in [3.8, 4) is 0 Å². The van der Waals surface area contributed by atoms with Crippen molar-refractivity contribution in [1.82, 2.24) is 10.6 Å². The second kappa shape index (κ2) is 5.46. The largest absolute Gasteiger partial charge is 0.355 e. The Balaban J connectivity index is 2.22. The number of nitrogens with one attached hydrogen (secondary N) is 2. The van der Waals surface area contributed by atoms with Gasteiger partial charge in [0, 0.05) is 19.5 Å². The first-order valence-corrected chi connectivity index (χ1v) is 6.97. The Morgan fingerprint density at radius 2 is 2.13 bits per heavy atom. The summed E-state index contributed by atoms with van der Waals surface area (Å²) < 4.78 is 22.3. The number of carbonyl (C=O) groups excluding carboxylic acids is 1. The summed E-state index contributed by atoms with van der Waals surface area (Å²) in [5.41, 5.74) is 0. The van der Waals surface area contributed by atoms with Gasteiger partial charge < -0.3 is 10.6 Å². The van der Waals surface area contributed by atoms with Gasteiger partial charge in [0.25, 0.3) is 0 Å². The molecule has 0 aromatic heterocycles. The lowest BCUT2D eigenvalue weighted by Gasteiger charge is -2.08. The fourth-order valence-electron chi connectivity index (χ4n) is 1.69. The Bertz CT molecular complexity index is 313. The summed E-state index contributed by atoms with van der Waals surface area (Å²) >= 11 is 0. The van der Waals surface area contributed by atoms with E-state index >= 15 is 0 Å². The smallest absolute Gasteiger partial charge is 0.220 e. The Morgan fingerprint density at radius 3 is 2.67 bits per heavy atom. The van der Waals surface area contributed by atoms with E-state index in [0.717, 1.165) is 6.54 Å². The SMILES string of the molecule is CNCCNC(=O)CC1CCS(=O)(=O)C1. The van der Waals surface area contributed by atoms with Crippen molar-refractivity contribution in [3.05, 3.63) is 0 Å². The van der Waals surface area contributed by atoms with Crippen LogP contribution in [0, 0.1) is 5.92 Å². The Labute approximate surface area is 90.5 Å². The predicted molar refractivity (Wildman–Crippen MR) is 58.3 cm³/mol. The maximum atomic E-state index is 11.4. The molecule has 1 atom stereocenters. The zero-order valence-corrected chi connectivity index (χ0v) is 9.77. The molecule has 0 bridgehead atoms. The topological polar surface area (TPSA) is 75.3 Å². The molecule has 0 aliphatic carbocycles. The van der Waals surface area contributed by atoms with Crippen LogP contribution in [0.1, 0.15) is 12.8 Å². The summed E-state index contributed by atoms with van der Waals surface area (Å²) in [5, 5.41) is 5.66. The average molecular weight is 234 g/mol. The molecule has 0 saturated carbocycles. The van der Waals surface area contributed by atoms with Crippen LogP contribution in [0.5, 0.6) is 0 Å². The first kappa shape index (κ1) is 12.4. The molecule has 88 valence electrons. The molecule has 0 aromatic rings. The van der Waals surface area contributed by atoms with Crippen LogP contribution in [0.3, 0.4) is 0 Å². The molecule has 1 unspecified atom stereocenters. The van der Waals surface area contributed by atoms with Crippen LogP contribution in [0.2, 0.25) is 0 Å².